The molecule has 2 aromatic carbocycles. The Labute approximate surface area is 189 Å². The number of hydrogen-bond donors (Lipinski definition) is 0. The lowest BCUT2D eigenvalue weighted by Crippen LogP contribution is -2.44. The van der Waals surface area contributed by atoms with E-state index in [2.05, 4.69) is 35.0 Å². The Morgan fingerprint density at radius 1 is 0.812 bits per heavy atom. The SMILES string of the molecule is CN1CCN(c2ccc(C=CC(=O)CC(=O)C=Cc3ccc4ccn(C)c4c3)cc2)CC1. The van der Waals surface area contributed by atoms with Gasteiger partial charge in [0.25, 0.3) is 0 Å². The number of aryl methyl sites for hydroxylation is 1. The number of allylic oxidation sites excluding steroid dienone is 2. The number of benzene rings is 2. The second-order valence-electron chi connectivity index (χ2n) is 8.40. The van der Waals surface area contributed by atoms with Crippen molar-refractivity contribution in [3.8, 4) is 0 Å². The molecule has 0 atom stereocenters. The third-order valence-corrected chi connectivity index (χ3v) is 5.95. The predicted molar refractivity (Wildman–Crippen MR) is 132 cm³/mol. The highest BCUT2D eigenvalue weighted by Crippen LogP contribution is 2.19. The number of rotatable bonds is 7. The zero-order valence-electron chi connectivity index (χ0n) is 18.7. The number of carbonyl (C=O) groups is 2. The van der Waals surface area contributed by atoms with E-state index in [-0.39, 0.29) is 18.0 Å². The van der Waals surface area contributed by atoms with Gasteiger partial charge in [-0.15, -0.1) is 0 Å². The van der Waals surface area contributed by atoms with Gasteiger partial charge in [0.1, 0.15) is 0 Å². The Bertz CT molecular complexity index is 1160. The van der Waals surface area contributed by atoms with Gasteiger partial charge in [-0.2, -0.15) is 0 Å². The topological polar surface area (TPSA) is 45.6 Å². The van der Waals surface area contributed by atoms with Crippen molar-refractivity contribution in [1.29, 1.82) is 0 Å². The molecule has 0 unspecified atom stereocenters. The van der Waals surface area contributed by atoms with Crippen LogP contribution in [-0.2, 0) is 16.6 Å². The van der Waals surface area contributed by atoms with Crippen LogP contribution in [0.15, 0.2) is 66.9 Å². The van der Waals surface area contributed by atoms with Crippen molar-refractivity contribution < 1.29 is 9.59 Å². The first-order valence-electron chi connectivity index (χ1n) is 11.0. The van der Waals surface area contributed by atoms with E-state index in [1.165, 1.54) is 17.8 Å². The maximum Gasteiger partial charge on any atom is 0.163 e. The minimum Gasteiger partial charge on any atom is -0.369 e. The summed E-state index contributed by atoms with van der Waals surface area (Å²) in [6, 6.07) is 16.3. The quantitative estimate of drug-likeness (QED) is 0.419. The lowest BCUT2D eigenvalue weighted by atomic mass is 10.1. The van der Waals surface area contributed by atoms with Crippen molar-refractivity contribution in [2.45, 2.75) is 6.42 Å². The molecule has 0 amide bonds. The number of fused-ring (bicyclic) bond motifs is 1. The van der Waals surface area contributed by atoms with Crippen molar-refractivity contribution in [2.75, 3.05) is 38.1 Å². The molecule has 4 rings (SSSR count). The summed E-state index contributed by atoms with van der Waals surface area (Å²) >= 11 is 0. The molecule has 0 aliphatic carbocycles. The summed E-state index contributed by atoms with van der Waals surface area (Å²) in [4.78, 5) is 29.1. The number of ketones is 2. The molecule has 1 aliphatic rings. The van der Waals surface area contributed by atoms with Crippen LogP contribution in [0.1, 0.15) is 17.5 Å². The van der Waals surface area contributed by atoms with Crippen molar-refractivity contribution in [3.05, 3.63) is 78.0 Å². The second kappa shape index (κ2) is 9.79. The average molecular weight is 428 g/mol. The lowest BCUT2D eigenvalue weighted by Gasteiger charge is -2.34. The first kappa shape index (κ1) is 21.8. The van der Waals surface area contributed by atoms with Gasteiger partial charge in [0.05, 0.1) is 6.42 Å². The van der Waals surface area contributed by atoms with Gasteiger partial charge in [0.15, 0.2) is 11.6 Å². The molecule has 0 saturated carbocycles. The number of nitrogens with zero attached hydrogens (tertiary/aromatic N) is 3. The standard InChI is InChI=1S/C27H29N3O2/c1-28-15-17-30(18-16-28)24-9-4-21(5-10-24)6-11-25(31)20-26(32)12-7-22-3-8-23-13-14-29(2)27(23)19-22/h3-14,19H,15-18,20H2,1-2H3. The fourth-order valence-electron chi connectivity index (χ4n) is 3.91. The van der Waals surface area contributed by atoms with Crippen LogP contribution in [0.3, 0.4) is 0 Å². The fraction of sp³-hybridized carbons (Fsp3) is 0.259. The maximum absolute atomic E-state index is 12.2. The van der Waals surface area contributed by atoms with E-state index in [1.54, 1.807) is 12.2 Å². The van der Waals surface area contributed by atoms with E-state index in [0.29, 0.717) is 0 Å². The Hall–Kier alpha value is -3.44. The molecular weight excluding hydrogens is 398 g/mol. The third-order valence-electron chi connectivity index (χ3n) is 5.95. The average Bonchev–Trinajstić information content (AvgIpc) is 3.17. The highest BCUT2D eigenvalue weighted by Gasteiger charge is 2.13. The summed E-state index contributed by atoms with van der Waals surface area (Å²) in [5, 5.41) is 1.16. The van der Waals surface area contributed by atoms with Gasteiger partial charge in [0.2, 0.25) is 0 Å². The van der Waals surface area contributed by atoms with Crippen LogP contribution >= 0.6 is 0 Å². The van der Waals surface area contributed by atoms with Crippen molar-refractivity contribution >= 4 is 40.3 Å². The molecule has 164 valence electrons. The molecule has 0 bridgehead atoms. The molecule has 2 heterocycles. The molecule has 3 aromatic rings. The summed E-state index contributed by atoms with van der Waals surface area (Å²) in [5.74, 6) is -0.391. The molecule has 1 aromatic heterocycles. The van der Waals surface area contributed by atoms with Gasteiger partial charge >= 0.3 is 0 Å². The van der Waals surface area contributed by atoms with Crippen molar-refractivity contribution in [3.63, 3.8) is 0 Å². The molecule has 1 aliphatic heterocycles. The number of aromatic nitrogens is 1. The summed E-state index contributed by atoms with van der Waals surface area (Å²) in [6.07, 6.45) is 8.40. The first-order chi connectivity index (χ1) is 15.5. The van der Waals surface area contributed by atoms with Gasteiger partial charge in [-0.3, -0.25) is 9.59 Å². The highest BCUT2D eigenvalue weighted by atomic mass is 16.1. The van der Waals surface area contributed by atoms with Crippen LogP contribution in [0, 0.1) is 0 Å². The largest absolute Gasteiger partial charge is 0.369 e. The van der Waals surface area contributed by atoms with E-state index in [1.807, 2.05) is 48.1 Å². The van der Waals surface area contributed by atoms with Crippen LogP contribution in [0.25, 0.3) is 23.1 Å². The number of anilines is 1. The highest BCUT2D eigenvalue weighted by molar-refractivity contribution is 6.11. The van der Waals surface area contributed by atoms with Crippen LogP contribution in [-0.4, -0.2) is 54.3 Å². The maximum atomic E-state index is 12.2. The number of piperazine rings is 1. The van der Waals surface area contributed by atoms with Gasteiger partial charge < -0.3 is 14.4 Å². The molecule has 5 nitrogen and oxygen atoms in total. The van der Waals surface area contributed by atoms with E-state index < -0.39 is 0 Å². The van der Waals surface area contributed by atoms with Crippen LogP contribution in [0.4, 0.5) is 5.69 Å². The molecule has 5 heteroatoms. The van der Waals surface area contributed by atoms with Gasteiger partial charge in [-0.1, -0.05) is 36.4 Å². The smallest absolute Gasteiger partial charge is 0.163 e. The Kier molecular flexibility index (Phi) is 6.66. The van der Waals surface area contributed by atoms with Crippen molar-refractivity contribution in [1.82, 2.24) is 9.47 Å². The summed E-state index contributed by atoms with van der Waals surface area (Å²) in [7, 11) is 4.14. The fourth-order valence-corrected chi connectivity index (χ4v) is 3.91. The van der Waals surface area contributed by atoms with Crippen molar-refractivity contribution in [2.24, 2.45) is 7.05 Å². The zero-order chi connectivity index (χ0) is 22.5. The monoisotopic (exact) mass is 427 g/mol. The van der Waals surface area contributed by atoms with E-state index >= 15 is 0 Å². The molecule has 0 radical (unpaired) electrons. The minimum absolute atomic E-state index is 0.126. The number of hydrogen-bond acceptors (Lipinski definition) is 4. The van der Waals surface area contributed by atoms with Gasteiger partial charge in [-0.05, 0) is 60.0 Å². The minimum atomic E-state index is -0.197. The zero-order valence-corrected chi connectivity index (χ0v) is 18.7. The lowest BCUT2D eigenvalue weighted by molar-refractivity contribution is -0.121. The molecular formula is C27H29N3O2. The van der Waals surface area contributed by atoms with E-state index in [4.69, 9.17) is 0 Å². The molecule has 0 N–H and O–H groups in total. The molecule has 32 heavy (non-hydrogen) atoms. The van der Waals surface area contributed by atoms with Gasteiger partial charge in [-0.25, -0.2) is 0 Å². The second-order valence-corrected chi connectivity index (χ2v) is 8.40. The van der Waals surface area contributed by atoms with Crippen LogP contribution < -0.4 is 4.90 Å². The van der Waals surface area contributed by atoms with E-state index in [0.717, 1.165) is 48.2 Å². The van der Waals surface area contributed by atoms with Crippen LogP contribution in [0.5, 0.6) is 0 Å². The summed E-state index contributed by atoms with van der Waals surface area (Å²) in [6.45, 7) is 4.19. The van der Waals surface area contributed by atoms with Crippen LogP contribution in [0.2, 0.25) is 0 Å². The third kappa shape index (κ3) is 5.42. The Morgan fingerprint density at radius 2 is 1.44 bits per heavy atom. The molecule has 1 saturated heterocycles. The first-order valence-corrected chi connectivity index (χ1v) is 11.0. The molecule has 0 spiro atoms. The Balaban J connectivity index is 1.30. The Morgan fingerprint density at radius 3 is 2.12 bits per heavy atom. The molecule has 1 fully saturated rings. The summed E-state index contributed by atoms with van der Waals surface area (Å²) in [5.41, 5.74) is 4.21. The van der Waals surface area contributed by atoms with Gasteiger partial charge in [0, 0.05) is 50.6 Å². The number of carbonyl (C=O) groups excluding carboxylic acids is 2. The predicted octanol–water partition coefficient (Wildman–Crippen LogP) is 4.19. The summed E-state index contributed by atoms with van der Waals surface area (Å²) < 4.78 is 2.04. The number of likely N-dealkylation sites (N-methyl/N-ethyl adjacent to an activating group) is 1. The van der Waals surface area contributed by atoms with E-state index in [9.17, 15) is 9.59 Å². The normalized spacial score (nSPS) is 15.2.